The van der Waals surface area contributed by atoms with E-state index in [2.05, 4.69) is 5.32 Å². The highest BCUT2D eigenvalue weighted by atomic mass is 19.1. The van der Waals surface area contributed by atoms with Crippen molar-refractivity contribution in [3.63, 3.8) is 0 Å². The topological polar surface area (TPSA) is 77.1 Å². The third kappa shape index (κ3) is 3.44. The fourth-order valence-electron chi connectivity index (χ4n) is 1.71. The zero-order valence-electron chi connectivity index (χ0n) is 10.7. The van der Waals surface area contributed by atoms with E-state index in [0.717, 1.165) is 0 Å². The lowest BCUT2D eigenvalue weighted by molar-refractivity contribution is -0.116. The second-order valence-electron chi connectivity index (χ2n) is 4.27. The Kier molecular flexibility index (Phi) is 4.14. The number of carbonyl (C=O) groups is 1. The van der Waals surface area contributed by atoms with Crippen LogP contribution >= 0.6 is 0 Å². The molecule has 104 valence electrons. The third-order valence-electron chi connectivity index (χ3n) is 2.76. The molecule has 0 atom stereocenters. The van der Waals surface area contributed by atoms with Crippen LogP contribution in [0, 0.1) is 5.82 Å². The first-order valence-corrected chi connectivity index (χ1v) is 6.06. The molecule has 0 unspecified atom stereocenters. The fourth-order valence-corrected chi connectivity index (χ4v) is 1.71. The Hall–Kier alpha value is -2.63. The molecule has 1 heterocycles. The van der Waals surface area contributed by atoms with E-state index in [1.807, 2.05) is 0 Å². The van der Waals surface area contributed by atoms with Crippen LogP contribution in [-0.4, -0.2) is 10.5 Å². The number of benzene rings is 1. The summed E-state index contributed by atoms with van der Waals surface area (Å²) in [5.41, 5.74) is 5.65. The summed E-state index contributed by atoms with van der Waals surface area (Å²) in [5.74, 6) is -0.800. The molecular formula is C14H14FN3O2. The van der Waals surface area contributed by atoms with E-state index >= 15 is 0 Å². The minimum absolute atomic E-state index is 0.0259. The molecule has 0 saturated carbocycles. The van der Waals surface area contributed by atoms with Crippen molar-refractivity contribution in [2.24, 2.45) is 0 Å². The van der Waals surface area contributed by atoms with Crippen molar-refractivity contribution in [3.8, 4) is 0 Å². The number of anilines is 2. The van der Waals surface area contributed by atoms with Crippen LogP contribution in [0.2, 0.25) is 0 Å². The summed E-state index contributed by atoms with van der Waals surface area (Å²) in [6.45, 7) is 0.280. The Balaban J connectivity index is 1.94. The first-order valence-electron chi connectivity index (χ1n) is 6.06. The van der Waals surface area contributed by atoms with Gasteiger partial charge in [-0.25, -0.2) is 4.39 Å². The van der Waals surface area contributed by atoms with E-state index in [1.165, 1.54) is 28.8 Å². The molecular weight excluding hydrogens is 261 g/mol. The first kappa shape index (κ1) is 13.8. The standard InChI is InChI=1S/C14H14FN3O2/c15-11-5-4-10(9-12(11)16)17-13(19)6-8-18-7-2-1-3-14(18)20/h1-5,7,9H,6,8,16H2,(H,17,19). The molecule has 2 aromatic rings. The average Bonchev–Trinajstić information content (AvgIpc) is 2.42. The summed E-state index contributed by atoms with van der Waals surface area (Å²) >= 11 is 0. The number of nitrogens with two attached hydrogens (primary N) is 1. The van der Waals surface area contributed by atoms with Crippen molar-refractivity contribution in [1.82, 2.24) is 4.57 Å². The number of amides is 1. The molecule has 3 N–H and O–H groups in total. The van der Waals surface area contributed by atoms with Gasteiger partial charge in [-0.15, -0.1) is 0 Å². The SMILES string of the molecule is Nc1cc(NC(=O)CCn2ccccc2=O)ccc1F. The van der Waals surface area contributed by atoms with Gasteiger partial charge in [-0.3, -0.25) is 9.59 Å². The van der Waals surface area contributed by atoms with E-state index in [0.29, 0.717) is 5.69 Å². The van der Waals surface area contributed by atoms with E-state index in [4.69, 9.17) is 5.73 Å². The Labute approximate surface area is 114 Å². The van der Waals surface area contributed by atoms with E-state index in [9.17, 15) is 14.0 Å². The van der Waals surface area contributed by atoms with Crippen LogP contribution in [0.4, 0.5) is 15.8 Å². The number of rotatable bonds is 4. The summed E-state index contributed by atoms with van der Waals surface area (Å²) in [4.78, 5) is 23.2. The molecule has 0 spiro atoms. The minimum Gasteiger partial charge on any atom is -0.396 e. The number of hydrogen-bond acceptors (Lipinski definition) is 3. The number of nitrogen functional groups attached to an aromatic ring is 1. The first-order chi connectivity index (χ1) is 9.56. The van der Waals surface area contributed by atoms with E-state index in [1.54, 1.807) is 18.3 Å². The second-order valence-corrected chi connectivity index (χ2v) is 4.27. The molecule has 0 aliphatic heterocycles. The van der Waals surface area contributed by atoms with Gasteiger partial charge < -0.3 is 15.6 Å². The van der Waals surface area contributed by atoms with Gasteiger partial charge in [0.25, 0.3) is 5.56 Å². The zero-order valence-corrected chi connectivity index (χ0v) is 10.7. The predicted molar refractivity (Wildman–Crippen MR) is 74.8 cm³/mol. The summed E-state index contributed by atoms with van der Waals surface area (Å²) < 4.78 is 14.4. The highest BCUT2D eigenvalue weighted by Crippen LogP contribution is 2.16. The molecule has 5 nitrogen and oxygen atoms in total. The number of carbonyl (C=O) groups excluding carboxylic acids is 1. The van der Waals surface area contributed by atoms with Gasteiger partial charge in [0, 0.05) is 30.9 Å². The predicted octanol–water partition coefficient (Wildman–Crippen LogP) is 1.60. The fraction of sp³-hybridized carbons (Fsp3) is 0.143. The van der Waals surface area contributed by atoms with Crippen LogP contribution in [0.3, 0.4) is 0 Å². The van der Waals surface area contributed by atoms with Gasteiger partial charge in [-0.05, 0) is 24.3 Å². The van der Waals surface area contributed by atoms with E-state index < -0.39 is 5.82 Å². The summed E-state index contributed by atoms with van der Waals surface area (Å²) in [6.07, 6.45) is 1.76. The number of nitrogens with one attached hydrogen (secondary N) is 1. The van der Waals surface area contributed by atoms with Crippen LogP contribution < -0.4 is 16.6 Å². The third-order valence-corrected chi connectivity index (χ3v) is 2.76. The van der Waals surface area contributed by atoms with Crippen LogP contribution in [0.5, 0.6) is 0 Å². The normalized spacial score (nSPS) is 10.2. The van der Waals surface area contributed by atoms with Gasteiger partial charge in [0.05, 0.1) is 5.69 Å². The van der Waals surface area contributed by atoms with Crippen molar-refractivity contribution in [2.75, 3.05) is 11.1 Å². The van der Waals surface area contributed by atoms with Gasteiger partial charge >= 0.3 is 0 Å². The quantitative estimate of drug-likeness (QED) is 0.832. The highest BCUT2D eigenvalue weighted by molar-refractivity contribution is 5.91. The lowest BCUT2D eigenvalue weighted by Gasteiger charge is -2.07. The maximum atomic E-state index is 13.0. The monoisotopic (exact) mass is 275 g/mol. The number of aromatic nitrogens is 1. The number of nitrogens with zero attached hydrogens (tertiary/aromatic N) is 1. The molecule has 0 radical (unpaired) electrons. The van der Waals surface area contributed by atoms with E-state index in [-0.39, 0.29) is 30.1 Å². The highest BCUT2D eigenvalue weighted by Gasteiger charge is 2.05. The van der Waals surface area contributed by atoms with Crippen molar-refractivity contribution in [1.29, 1.82) is 0 Å². The molecule has 1 aromatic heterocycles. The summed E-state index contributed by atoms with van der Waals surface area (Å²) in [5, 5.41) is 2.60. The lowest BCUT2D eigenvalue weighted by atomic mass is 10.2. The summed E-state index contributed by atoms with van der Waals surface area (Å²) in [7, 11) is 0. The number of aryl methyl sites for hydroxylation is 1. The average molecular weight is 275 g/mol. The number of pyridine rings is 1. The molecule has 2 rings (SSSR count). The molecule has 1 aromatic carbocycles. The molecule has 0 aliphatic carbocycles. The van der Waals surface area contributed by atoms with Crippen molar-refractivity contribution in [3.05, 3.63) is 58.8 Å². The largest absolute Gasteiger partial charge is 0.396 e. The molecule has 1 amide bonds. The number of hydrogen-bond donors (Lipinski definition) is 2. The van der Waals surface area contributed by atoms with Crippen LogP contribution in [0.1, 0.15) is 6.42 Å². The Morgan fingerprint density at radius 2 is 2.10 bits per heavy atom. The Morgan fingerprint density at radius 3 is 2.80 bits per heavy atom. The van der Waals surface area contributed by atoms with Gasteiger partial charge in [-0.2, -0.15) is 0 Å². The van der Waals surface area contributed by atoms with Crippen molar-refractivity contribution < 1.29 is 9.18 Å². The van der Waals surface area contributed by atoms with Gasteiger partial charge in [0.2, 0.25) is 5.91 Å². The lowest BCUT2D eigenvalue weighted by Crippen LogP contribution is -2.21. The molecule has 20 heavy (non-hydrogen) atoms. The van der Waals surface area contributed by atoms with Crippen molar-refractivity contribution >= 4 is 17.3 Å². The van der Waals surface area contributed by atoms with Gasteiger partial charge in [-0.1, -0.05) is 6.07 Å². The Morgan fingerprint density at radius 1 is 1.30 bits per heavy atom. The Bertz CT molecular complexity index is 682. The molecule has 6 heteroatoms. The number of halogens is 1. The molecule has 0 aliphatic rings. The molecule has 0 fully saturated rings. The minimum atomic E-state index is -0.529. The molecule has 0 saturated heterocycles. The van der Waals surface area contributed by atoms with Crippen LogP contribution in [0.25, 0.3) is 0 Å². The van der Waals surface area contributed by atoms with Gasteiger partial charge in [0.15, 0.2) is 0 Å². The van der Waals surface area contributed by atoms with Crippen molar-refractivity contribution in [2.45, 2.75) is 13.0 Å². The summed E-state index contributed by atoms with van der Waals surface area (Å²) in [6, 6.07) is 8.76. The van der Waals surface area contributed by atoms with Gasteiger partial charge in [0.1, 0.15) is 5.82 Å². The smallest absolute Gasteiger partial charge is 0.250 e. The molecule has 0 bridgehead atoms. The maximum Gasteiger partial charge on any atom is 0.250 e. The maximum absolute atomic E-state index is 13.0. The second kappa shape index (κ2) is 6.01. The van der Waals surface area contributed by atoms with Crippen LogP contribution in [0.15, 0.2) is 47.4 Å². The van der Waals surface area contributed by atoms with Crippen LogP contribution in [-0.2, 0) is 11.3 Å². The zero-order chi connectivity index (χ0) is 14.5.